The number of aromatic nitrogens is 4. The summed E-state index contributed by atoms with van der Waals surface area (Å²) >= 11 is 1.64. The number of fused-ring (bicyclic) bond motifs is 1. The van der Waals surface area contributed by atoms with Crippen LogP contribution in [0, 0.1) is 11.3 Å². The predicted molar refractivity (Wildman–Crippen MR) is 102 cm³/mol. The molecule has 0 spiro atoms. The van der Waals surface area contributed by atoms with Gasteiger partial charge in [0, 0.05) is 48.7 Å². The van der Waals surface area contributed by atoms with Crippen molar-refractivity contribution in [3.05, 3.63) is 59.2 Å². The van der Waals surface area contributed by atoms with Crippen LogP contribution in [-0.2, 0) is 0 Å². The summed E-state index contributed by atoms with van der Waals surface area (Å²) in [7, 11) is 0. The molecule has 0 bridgehead atoms. The standard InChI is InChI=1S/C18H15N7S/c19-10-13-1-2-16(23-11-13)20-4-5-22-18-24-15(14-3-8-26-12-14)9-17-21-6-7-25(17)18/h1-3,6-9,11-12H,4-5H2,(H,20,23)(H,22,24). The van der Waals surface area contributed by atoms with E-state index in [1.807, 2.05) is 28.1 Å². The normalized spacial score (nSPS) is 10.6. The van der Waals surface area contributed by atoms with Crippen molar-refractivity contribution in [1.29, 1.82) is 5.26 Å². The Morgan fingerprint density at radius 2 is 2.08 bits per heavy atom. The van der Waals surface area contributed by atoms with Gasteiger partial charge in [0.15, 0.2) is 0 Å². The minimum Gasteiger partial charge on any atom is -0.368 e. The zero-order valence-electron chi connectivity index (χ0n) is 13.8. The highest BCUT2D eigenvalue weighted by Gasteiger charge is 2.08. The van der Waals surface area contributed by atoms with E-state index in [2.05, 4.69) is 32.1 Å². The van der Waals surface area contributed by atoms with E-state index in [1.54, 1.807) is 35.9 Å². The molecule has 0 aromatic carbocycles. The van der Waals surface area contributed by atoms with Crippen LogP contribution in [0.1, 0.15) is 5.56 Å². The third-order valence-corrected chi connectivity index (χ3v) is 4.50. The Morgan fingerprint density at radius 1 is 1.15 bits per heavy atom. The SMILES string of the molecule is N#Cc1ccc(NCCNc2nc(-c3ccsc3)cc3nccn23)nc1. The maximum Gasteiger partial charge on any atom is 0.209 e. The highest BCUT2D eigenvalue weighted by atomic mass is 32.1. The lowest BCUT2D eigenvalue weighted by atomic mass is 10.2. The number of pyridine rings is 1. The molecule has 0 aliphatic carbocycles. The van der Waals surface area contributed by atoms with Gasteiger partial charge in [-0.15, -0.1) is 0 Å². The van der Waals surface area contributed by atoms with Crippen molar-refractivity contribution in [3.8, 4) is 17.3 Å². The summed E-state index contributed by atoms with van der Waals surface area (Å²) in [6.07, 6.45) is 5.20. The van der Waals surface area contributed by atoms with Gasteiger partial charge >= 0.3 is 0 Å². The van der Waals surface area contributed by atoms with Gasteiger partial charge in [0.2, 0.25) is 5.95 Å². The van der Waals surface area contributed by atoms with E-state index in [0.29, 0.717) is 18.7 Å². The first-order valence-corrected chi connectivity index (χ1v) is 8.98. The zero-order valence-corrected chi connectivity index (χ0v) is 14.6. The molecule has 0 saturated carbocycles. The first-order valence-electron chi connectivity index (χ1n) is 8.04. The van der Waals surface area contributed by atoms with Crippen LogP contribution in [0.25, 0.3) is 16.9 Å². The molecule has 0 aliphatic heterocycles. The van der Waals surface area contributed by atoms with Crippen LogP contribution in [0.2, 0.25) is 0 Å². The second kappa shape index (κ2) is 7.21. The first-order chi connectivity index (χ1) is 12.8. The van der Waals surface area contributed by atoms with E-state index in [9.17, 15) is 0 Å². The van der Waals surface area contributed by atoms with Crippen LogP contribution in [0.5, 0.6) is 0 Å². The first kappa shape index (κ1) is 16.1. The van der Waals surface area contributed by atoms with Gasteiger partial charge < -0.3 is 10.6 Å². The highest BCUT2D eigenvalue weighted by molar-refractivity contribution is 7.08. The van der Waals surface area contributed by atoms with Crippen LogP contribution >= 0.6 is 11.3 Å². The van der Waals surface area contributed by atoms with Gasteiger partial charge in [0.05, 0.1) is 11.3 Å². The lowest BCUT2D eigenvalue weighted by Crippen LogP contribution is -2.16. The van der Waals surface area contributed by atoms with Crippen molar-refractivity contribution in [2.45, 2.75) is 0 Å². The number of nitriles is 1. The molecule has 0 aliphatic rings. The summed E-state index contributed by atoms with van der Waals surface area (Å²) in [6.45, 7) is 1.33. The second-order valence-electron chi connectivity index (χ2n) is 5.53. The maximum absolute atomic E-state index is 8.79. The molecular formula is C18H15N7S. The van der Waals surface area contributed by atoms with Crippen LogP contribution in [0.15, 0.2) is 53.6 Å². The molecule has 0 atom stereocenters. The number of nitrogens with zero attached hydrogens (tertiary/aromatic N) is 5. The van der Waals surface area contributed by atoms with E-state index < -0.39 is 0 Å². The summed E-state index contributed by atoms with van der Waals surface area (Å²) in [4.78, 5) is 13.3. The van der Waals surface area contributed by atoms with Crippen molar-refractivity contribution in [3.63, 3.8) is 0 Å². The Kier molecular flexibility index (Phi) is 4.45. The van der Waals surface area contributed by atoms with Crippen molar-refractivity contribution < 1.29 is 0 Å². The molecule has 0 fully saturated rings. The average Bonchev–Trinajstić information content (AvgIpc) is 3.37. The molecule has 0 unspecified atom stereocenters. The Hall–Kier alpha value is -3.44. The molecule has 4 aromatic heterocycles. The summed E-state index contributed by atoms with van der Waals surface area (Å²) in [5.74, 6) is 1.48. The van der Waals surface area contributed by atoms with Gasteiger partial charge in [-0.2, -0.15) is 16.6 Å². The van der Waals surface area contributed by atoms with Crippen molar-refractivity contribution in [2.75, 3.05) is 23.7 Å². The van der Waals surface area contributed by atoms with Gasteiger partial charge in [0.1, 0.15) is 17.5 Å². The minimum atomic E-state index is 0.547. The molecule has 7 nitrogen and oxygen atoms in total. The van der Waals surface area contributed by atoms with Crippen molar-refractivity contribution in [1.82, 2.24) is 19.4 Å². The van der Waals surface area contributed by atoms with Crippen LogP contribution in [0.4, 0.5) is 11.8 Å². The Labute approximate surface area is 154 Å². The Balaban J connectivity index is 1.45. The molecular weight excluding hydrogens is 346 g/mol. The van der Waals surface area contributed by atoms with Gasteiger partial charge in [-0.25, -0.2) is 15.0 Å². The van der Waals surface area contributed by atoms with E-state index in [0.717, 1.165) is 28.7 Å². The Morgan fingerprint density at radius 3 is 2.85 bits per heavy atom. The number of nitrogens with one attached hydrogen (secondary N) is 2. The minimum absolute atomic E-state index is 0.547. The molecule has 26 heavy (non-hydrogen) atoms. The lowest BCUT2D eigenvalue weighted by Gasteiger charge is -2.11. The second-order valence-corrected chi connectivity index (χ2v) is 6.31. The molecule has 0 saturated heterocycles. The lowest BCUT2D eigenvalue weighted by molar-refractivity contribution is 0.995. The summed E-state index contributed by atoms with van der Waals surface area (Å²) < 4.78 is 1.93. The fourth-order valence-corrected chi connectivity index (χ4v) is 3.19. The molecule has 0 amide bonds. The molecule has 8 heteroatoms. The predicted octanol–water partition coefficient (Wildman–Crippen LogP) is 3.25. The van der Waals surface area contributed by atoms with E-state index in [1.165, 1.54) is 0 Å². The number of thiophene rings is 1. The van der Waals surface area contributed by atoms with Gasteiger partial charge in [-0.1, -0.05) is 0 Å². The van der Waals surface area contributed by atoms with Crippen LogP contribution in [0.3, 0.4) is 0 Å². The molecule has 4 heterocycles. The van der Waals surface area contributed by atoms with Gasteiger partial charge in [-0.3, -0.25) is 4.40 Å². The summed E-state index contributed by atoms with van der Waals surface area (Å²) in [5.41, 5.74) is 3.38. The third-order valence-electron chi connectivity index (χ3n) is 3.81. The van der Waals surface area contributed by atoms with E-state index >= 15 is 0 Å². The smallest absolute Gasteiger partial charge is 0.209 e. The largest absolute Gasteiger partial charge is 0.368 e. The number of hydrogen-bond donors (Lipinski definition) is 2. The topological polar surface area (TPSA) is 90.9 Å². The third kappa shape index (κ3) is 3.34. The van der Waals surface area contributed by atoms with Gasteiger partial charge in [0.25, 0.3) is 0 Å². The van der Waals surface area contributed by atoms with E-state index in [4.69, 9.17) is 10.2 Å². The molecule has 128 valence electrons. The number of rotatable bonds is 6. The maximum atomic E-state index is 8.79. The number of hydrogen-bond acceptors (Lipinski definition) is 7. The molecule has 4 rings (SSSR count). The van der Waals surface area contributed by atoms with Crippen LogP contribution < -0.4 is 10.6 Å². The molecule has 0 radical (unpaired) electrons. The monoisotopic (exact) mass is 361 g/mol. The summed E-state index contributed by atoms with van der Waals surface area (Å²) in [6, 6.07) is 9.62. The van der Waals surface area contributed by atoms with E-state index in [-0.39, 0.29) is 0 Å². The Bertz CT molecular complexity index is 1050. The average molecular weight is 361 g/mol. The van der Waals surface area contributed by atoms with Gasteiger partial charge in [-0.05, 0) is 23.6 Å². The highest BCUT2D eigenvalue weighted by Crippen LogP contribution is 2.23. The number of imidazole rings is 1. The van der Waals surface area contributed by atoms with Crippen molar-refractivity contribution >= 4 is 28.8 Å². The fraction of sp³-hybridized carbons (Fsp3) is 0.111. The van der Waals surface area contributed by atoms with Crippen molar-refractivity contribution in [2.24, 2.45) is 0 Å². The number of anilines is 2. The van der Waals surface area contributed by atoms with Crippen LogP contribution in [-0.4, -0.2) is 32.4 Å². The summed E-state index contributed by atoms with van der Waals surface area (Å²) in [5, 5.41) is 19.5. The fourth-order valence-electron chi connectivity index (χ4n) is 2.54. The molecule has 4 aromatic rings. The molecule has 2 N–H and O–H groups in total. The zero-order chi connectivity index (χ0) is 17.8. The quantitative estimate of drug-likeness (QED) is 0.512.